The van der Waals surface area contributed by atoms with E-state index in [2.05, 4.69) is 10.6 Å². The predicted octanol–water partition coefficient (Wildman–Crippen LogP) is 0.175. The molecule has 0 spiro atoms. The molecule has 0 radical (unpaired) electrons. The molecule has 2 saturated heterocycles. The maximum absolute atomic E-state index is 12.8. The van der Waals surface area contributed by atoms with Gasteiger partial charge in [-0.15, -0.1) is 0 Å². The zero-order chi connectivity index (χ0) is 15.8. The fraction of sp³-hybridized carbons (Fsp3) is 0.533. The Balaban J connectivity index is 1.90. The van der Waals surface area contributed by atoms with Gasteiger partial charge in [0.05, 0.1) is 10.4 Å². The van der Waals surface area contributed by atoms with E-state index in [1.165, 1.54) is 11.2 Å². The van der Waals surface area contributed by atoms with E-state index in [9.17, 15) is 13.2 Å². The Morgan fingerprint density at radius 1 is 1.36 bits per heavy atom. The van der Waals surface area contributed by atoms with Crippen LogP contribution in [0.1, 0.15) is 13.3 Å². The van der Waals surface area contributed by atoms with Gasteiger partial charge < -0.3 is 10.6 Å². The Morgan fingerprint density at radius 3 is 2.77 bits per heavy atom. The van der Waals surface area contributed by atoms with Crippen LogP contribution < -0.4 is 10.6 Å². The second-order valence-corrected chi connectivity index (χ2v) is 8.04. The fourth-order valence-electron chi connectivity index (χ4n) is 3.54. The maximum atomic E-state index is 12.8. The highest BCUT2D eigenvalue weighted by Crippen LogP contribution is 2.35. The summed E-state index contributed by atoms with van der Waals surface area (Å²) in [5.74, 6) is -0.00510. The van der Waals surface area contributed by atoms with Crippen molar-refractivity contribution in [1.82, 2.24) is 14.9 Å². The van der Waals surface area contributed by atoms with Crippen LogP contribution in [-0.4, -0.2) is 50.3 Å². The molecular weight excluding hydrogens is 302 g/mol. The highest BCUT2D eigenvalue weighted by molar-refractivity contribution is 7.89. The molecule has 0 aliphatic carbocycles. The molecule has 0 bridgehead atoms. The lowest BCUT2D eigenvalue weighted by molar-refractivity contribution is -0.121. The standard InChI is InChI=1S/C15H21N3O3S/c1-12(19)17-15-7-8-16-9-13(15)10-18(11-15)22(20,21)14-5-3-2-4-6-14/h2-6,13,16H,7-11H2,1H3,(H,17,19)/t13-,15-/m1/s1. The third kappa shape index (κ3) is 2.64. The molecule has 2 aliphatic heterocycles. The summed E-state index contributed by atoms with van der Waals surface area (Å²) in [6, 6.07) is 8.47. The van der Waals surface area contributed by atoms with Gasteiger partial charge in [0.1, 0.15) is 0 Å². The largest absolute Gasteiger partial charge is 0.349 e. The summed E-state index contributed by atoms with van der Waals surface area (Å²) >= 11 is 0. The van der Waals surface area contributed by atoms with Crippen LogP contribution in [0.2, 0.25) is 0 Å². The summed E-state index contributed by atoms with van der Waals surface area (Å²) in [7, 11) is -3.52. The van der Waals surface area contributed by atoms with Gasteiger partial charge in [-0.2, -0.15) is 4.31 Å². The highest BCUT2D eigenvalue weighted by Gasteiger charge is 2.51. The van der Waals surface area contributed by atoms with Crippen molar-refractivity contribution in [2.75, 3.05) is 26.2 Å². The normalized spacial score (nSPS) is 29.0. The number of nitrogens with zero attached hydrogens (tertiary/aromatic N) is 1. The van der Waals surface area contributed by atoms with Crippen LogP contribution in [0.5, 0.6) is 0 Å². The number of amides is 1. The Labute approximate surface area is 130 Å². The van der Waals surface area contributed by atoms with Gasteiger partial charge in [0, 0.05) is 32.5 Å². The number of rotatable bonds is 3. The average Bonchev–Trinajstić information content (AvgIpc) is 2.87. The summed E-state index contributed by atoms with van der Waals surface area (Å²) in [5, 5.41) is 6.32. The third-order valence-electron chi connectivity index (χ3n) is 4.61. The van der Waals surface area contributed by atoms with Crippen molar-refractivity contribution in [3.8, 4) is 0 Å². The number of nitrogens with one attached hydrogen (secondary N) is 2. The minimum atomic E-state index is -3.52. The van der Waals surface area contributed by atoms with Gasteiger partial charge >= 0.3 is 0 Å². The van der Waals surface area contributed by atoms with E-state index in [1.807, 2.05) is 0 Å². The zero-order valence-electron chi connectivity index (χ0n) is 12.6. The van der Waals surface area contributed by atoms with Gasteiger partial charge in [0.25, 0.3) is 0 Å². The molecule has 0 unspecified atom stereocenters. The van der Waals surface area contributed by atoms with Gasteiger partial charge in [-0.25, -0.2) is 8.42 Å². The second-order valence-electron chi connectivity index (χ2n) is 6.10. The minimum Gasteiger partial charge on any atom is -0.349 e. The van der Waals surface area contributed by atoms with E-state index >= 15 is 0 Å². The van der Waals surface area contributed by atoms with Gasteiger partial charge in [-0.05, 0) is 25.1 Å². The van der Waals surface area contributed by atoms with Crippen LogP contribution in [0.4, 0.5) is 0 Å². The van der Waals surface area contributed by atoms with Crippen LogP contribution >= 0.6 is 0 Å². The number of piperidine rings is 1. The Morgan fingerprint density at radius 2 is 2.09 bits per heavy atom. The lowest BCUT2D eigenvalue weighted by atomic mass is 9.81. The molecule has 2 aliphatic rings. The van der Waals surface area contributed by atoms with Crippen molar-refractivity contribution in [2.45, 2.75) is 23.8 Å². The zero-order valence-corrected chi connectivity index (χ0v) is 13.4. The lowest BCUT2D eigenvalue weighted by Gasteiger charge is -2.39. The molecule has 120 valence electrons. The van der Waals surface area contributed by atoms with Crippen molar-refractivity contribution < 1.29 is 13.2 Å². The van der Waals surface area contributed by atoms with Gasteiger partial charge in [-0.1, -0.05) is 18.2 Å². The fourth-order valence-corrected chi connectivity index (χ4v) is 5.11. The molecule has 2 fully saturated rings. The third-order valence-corrected chi connectivity index (χ3v) is 6.43. The molecule has 22 heavy (non-hydrogen) atoms. The summed E-state index contributed by atoms with van der Waals surface area (Å²) < 4.78 is 27.1. The summed E-state index contributed by atoms with van der Waals surface area (Å²) in [6.45, 7) is 3.78. The first-order valence-electron chi connectivity index (χ1n) is 7.49. The number of benzene rings is 1. The van der Waals surface area contributed by atoms with Crippen molar-refractivity contribution in [3.63, 3.8) is 0 Å². The molecule has 0 aromatic heterocycles. The second kappa shape index (κ2) is 5.64. The van der Waals surface area contributed by atoms with Crippen molar-refractivity contribution in [1.29, 1.82) is 0 Å². The Hall–Kier alpha value is -1.44. The molecule has 2 atom stereocenters. The van der Waals surface area contributed by atoms with Crippen LogP contribution in [0, 0.1) is 5.92 Å². The molecule has 2 N–H and O–H groups in total. The van der Waals surface area contributed by atoms with E-state index < -0.39 is 15.6 Å². The van der Waals surface area contributed by atoms with Gasteiger partial charge in [0.2, 0.25) is 15.9 Å². The Bertz CT molecular complexity index is 662. The van der Waals surface area contributed by atoms with Crippen LogP contribution in [0.25, 0.3) is 0 Å². The number of fused-ring (bicyclic) bond motifs is 1. The van der Waals surface area contributed by atoms with E-state index in [0.717, 1.165) is 19.5 Å². The monoisotopic (exact) mass is 323 g/mol. The lowest BCUT2D eigenvalue weighted by Crippen LogP contribution is -2.60. The molecule has 7 heteroatoms. The first-order valence-corrected chi connectivity index (χ1v) is 8.93. The van der Waals surface area contributed by atoms with Crippen molar-refractivity contribution in [3.05, 3.63) is 30.3 Å². The molecule has 1 aromatic carbocycles. The summed E-state index contributed by atoms with van der Waals surface area (Å²) in [6.07, 6.45) is 0.748. The van der Waals surface area contributed by atoms with Gasteiger partial charge in [-0.3, -0.25) is 4.79 Å². The minimum absolute atomic E-state index is 0.101. The van der Waals surface area contributed by atoms with Crippen LogP contribution in [0.3, 0.4) is 0 Å². The highest BCUT2D eigenvalue weighted by atomic mass is 32.2. The summed E-state index contributed by atoms with van der Waals surface area (Å²) in [4.78, 5) is 11.9. The molecular formula is C15H21N3O3S. The molecule has 1 aromatic rings. The molecule has 2 heterocycles. The van der Waals surface area contributed by atoms with Gasteiger partial charge in [0.15, 0.2) is 0 Å². The molecule has 3 rings (SSSR count). The first-order chi connectivity index (χ1) is 10.4. The number of carbonyl (C=O) groups is 1. The first kappa shape index (κ1) is 15.5. The van der Waals surface area contributed by atoms with Crippen LogP contribution in [-0.2, 0) is 14.8 Å². The van der Waals surface area contributed by atoms with E-state index in [1.54, 1.807) is 30.3 Å². The van der Waals surface area contributed by atoms with Crippen molar-refractivity contribution >= 4 is 15.9 Å². The quantitative estimate of drug-likeness (QED) is 0.831. The van der Waals surface area contributed by atoms with E-state index in [4.69, 9.17) is 0 Å². The topological polar surface area (TPSA) is 78.5 Å². The number of carbonyl (C=O) groups excluding carboxylic acids is 1. The number of hydrogen-bond donors (Lipinski definition) is 2. The number of hydrogen-bond acceptors (Lipinski definition) is 4. The smallest absolute Gasteiger partial charge is 0.243 e. The Kier molecular flexibility index (Phi) is 3.96. The van der Waals surface area contributed by atoms with E-state index in [0.29, 0.717) is 18.0 Å². The van der Waals surface area contributed by atoms with Crippen LogP contribution in [0.15, 0.2) is 35.2 Å². The summed E-state index contributed by atoms with van der Waals surface area (Å²) in [5.41, 5.74) is -0.446. The molecule has 6 nitrogen and oxygen atoms in total. The molecule has 1 amide bonds. The SMILES string of the molecule is CC(=O)N[C@@]12CCNC[C@@H]1CN(S(=O)(=O)c1ccccc1)C2. The number of sulfonamides is 1. The molecule has 0 saturated carbocycles. The average molecular weight is 323 g/mol. The van der Waals surface area contributed by atoms with E-state index in [-0.39, 0.29) is 11.8 Å². The predicted molar refractivity (Wildman–Crippen MR) is 82.7 cm³/mol. The maximum Gasteiger partial charge on any atom is 0.243 e. The van der Waals surface area contributed by atoms with Crippen molar-refractivity contribution in [2.24, 2.45) is 5.92 Å².